The standard InChI is InChI=1S/C19H20N2O4S3/c1-13-17(26-19(21-13)14-7-5-4-6-8-14)12-20-16-10-9-15(27(2,22)23)11-18(16)28(3,24)25/h4-11,20H,12H2,1-3H3. The number of aromatic nitrogens is 1. The van der Waals surface area contributed by atoms with Crippen molar-refractivity contribution in [3.05, 3.63) is 59.1 Å². The maximum atomic E-state index is 12.2. The van der Waals surface area contributed by atoms with Crippen LogP contribution in [0.2, 0.25) is 0 Å². The summed E-state index contributed by atoms with van der Waals surface area (Å²) in [5, 5.41) is 4.01. The van der Waals surface area contributed by atoms with Crippen molar-refractivity contribution >= 4 is 36.7 Å². The molecule has 148 valence electrons. The summed E-state index contributed by atoms with van der Waals surface area (Å²) < 4.78 is 47.8. The first-order valence-electron chi connectivity index (χ1n) is 8.35. The summed E-state index contributed by atoms with van der Waals surface area (Å²) in [6.07, 6.45) is 2.11. The molecule has 0 bridgehead atoms. The molecule has 6 nitrogen and oxygen atoms in total. The molecule has 2 aromatic carbocycles. The van der Waals surface area contributed by atoms with E-state index in [-0.39, 0.29) is 9.79 Å². The van der Waals surface area contributed by atoms with E-state index >= 15 is 0 Å². The van der Waals surface area contributed by atoms with Crippen LogP contribution in [0, 0.1) is 6.92 Å². The lowest BCUT2D eigenvalue weighted by Gasteiger charge is -2.12. The Balaban J connectivity index is 1.90. The van der Waals surface area contributed by atoms with E-state index in [1.807, 2.05) is 37.3 Å². The molecule has 0 aliphatic carbocycles. The molecule has 1 N–H and O–H groups in total. The molecule has 0 atom stereocenters. The highest BCUT2D eigenvalue weighted by Crippen LogP contribution is 2.30. The van der Waals surface area contributed by atoms with E-state index in [1.54, 1.807) is 0 Å². The number of nitrogens with one attached hydrogen (secondary N) is 1. The minimum atomic E-state index is -3.61. The van der Waals surface area contributed by atoms with Crippen LogP contribution in [0.1, 0.15) is 10.6 Å². The maximum absolute atomic E-state index is 12.2. The third kappa shape index (κ3) is 4.60. The number of hydrogen-bond acceptors (Lipinski definition) is 7. The zero-order valence-electron chi connectivity index (χ0n) is 15.6. The maximum Gasteiger partial charge on any atom is 0.177 e. The molecule has 0 amide bonds. The quantitative estimate of drug-likeness (QED) is 0.635. The highest BCUT2D eigenvalue weighted by molar-refractivity contribution is 7.91. The summed E-state index contributed by atoms with van der Waals surface area (Å²) >= 11 is 1.53. The number of anilines is 1. The van der Waals surface area contributed by atoms with Gasteiger partial charge in [-0.25, -0.2) is 21.8 Å². The Kier molecular flexibility index (Phi) is 5.60. The van der Waals surface area contributed by atoms with Crippen molar-refractivity contribution in [3.8, 4) is 10.6 Å². The molecule has 9 heteroatoms. The predicted octanol–water partition coefficient (Wildman–Crippen LogP) is 3.54. The second kappa shape index (κ2) is 7.65. The number of sulfone groups is 2. The van der Waals surface area contributed by atoms with Crippen LogP contribution in [-0.4, -0.2) is 34.3 Å². The zero-order valence-corrected chi connectivity index (χ0v) is 18.1. The fourth-order valence-corrected chi connectivity index (χ4v) is 5.27. The van der Waals surface area contributed by atoms with E-state index in [9.17, 15) is 16.8 Å². The van der Waals surface area contributed by atoms with Gasteiger partial charge in [-0.2, -0.15) is 0 Å². The fraction of sp³-hybridized carbons (Fsp3) is 0.211. The lowest BCUT2D eigenvalue weighted by Crippen LogP contribution is -2.08. The molecule has 0 saturated carbocycles. The molecule has 1 heterocycles. The number of nitrogens with zero attached hydrogens (tertiary/aromatic N) is 1. The molecule has 3 rings (SSSR count). The molecule has 0 unspecified atom stereocenters. The molecule has 0 saturated heterocycles. The van der Waals surface area contributed by atoms with Crippen molar-refractivity contribution < 1.29 is 16.8 Å². The molecule has 0 spiro atoms. The molecular weight excluding hydrogens is 416 g/mol. The molecule has 0 radical (unpaired) electrons. The number of aryl methyl sites for hydroxylation is 1. The lowest BCUT2D eigenvalue weighted by atomic mass is 10.2. The molecule has 0 aliphatic rings. The molecular formula is C19H20N2O4S3. The summed E-state index contributed by atoms with van der Waals surface area (Å²) in [6.45, 7) is 2.29. The van der Waals surface area contributed by atoms with Gasteiger partial charge in [0.1, 0.15) is 5.01 Å². The average molecular weight is 437 g/mol. The monoisotopic (exact) mass is 436 g/mol. The van der Waals surface area contributed by atoms with Crippen molar-refractivity contribution in [1.82, 2.24) is 4.98 Å². The lowest BCUT2D eigenvalue weighted by molar-refractivity contribution is 0.600. The van der Waals surface area contributed by atoms with Crippen LogP contribution in [0.4, 0.5) is 5.69 Å². The minimum Gasteiger partial charge on any atom is -0.379 e. The van der Waals surface area contributed by atoms with Gasteiger partial charge in [0, 0.05) is 23.0 Å². The number of benzene rings is 2. The first kappa shape index (κ1) is 20.5. The number of rotatable bonds is 6. The zero-order chi connectivity index (χ0) is 20.5. The Bertz CT molecular complexity index is 1220. The molecule has 3 aromatic rings. The highest BCUT2D eigenvalue weighted by atomic mass is 32.2. The second-order valence-corrected chi connectivity index (χ2v) is 11.5. The molecule has 0 aliphatic heterocycles. The van der Waals surface area contributed by atoms with E-state index in [1.165, 1.54) is 29.5 Å². The predicted molar refractivity (Wildman–Crippen MR) is 112 cm³/mol. The average Bonchev–Trinajstić information content (AvgIpc) is 3.00. The Labute approximate surface area is 169 Å². The second-order valence-electron chi connectivity index (χ2n) is 6.45. The van der Waals surface area contributed by atoms with Crippen molar-refractivity contribution in [3.63, 3.8) is 0 Å². The Morgan fingerprint density at radius 1 is 0.964 bits per heavy atom. The van der Waals surface area contributed by atoms with Gasteiger partial charge in [-0.15, -0.1) is 11.3 Å². The van der Waals surface area contributed by atoms with Crippen LogP contribution in [0.25, 0.3) is 10.6 Å². The van der Waals surface area contributed by atoms with Crippen LogP contribution in [0.15, 0.2) is 58.3 Å². The summed E-state index contributed by atoms with van der Waals surface area (Å²) in [4.78, 5) is 5.50. The Morgan fingerprint density at radius 2 is 1.64 bits per heavy atom. The smallest absolute Gasteiger partial charge is 0.177 e. The number of thiazole rings is 1. The van der Waals surface area contributed by atoms with Crippen molar-refractivity contribution in [2.24, 2.45) is 0 Å². The van der Waals surface area contributed by atoms with Gasteiger partial charge in [0.2, 0.25) is 0 Å². The third-order valence-electron chi connectivity index (χ3n) is 4.13. The van der Waals surface area contributed by atoms with Crippen LogP contribution in [-0.2, 0) is 26.2 Å². The summed E-state index contributed by atoms with van der Waals surface area (Å²) in [6, 6.07) is 13.9. The van der Waals surface area contributed by atoms with Gasteiger partial charge < -0.3 is 5.32 Å². The minimum absolute atomic E-state index is 0.0289. The van der Waals surface area contributed by atoms with Crippen LogP contribution in [0.5, 0.6) is 0 Å². The van der Waals surface area contributed by atoms with Crippen molar-refractivity contribution in [2.75, 3.05) is 17.8 Å². The molecule has 1 aromatic heterocycles. The van der Waals surface area contributed by atoms with Gasteiger partial charge in [0.25, 0.3) is 0 Å². The van der Waals surface area contributed by atoms with E-state index < -0.39 is 19.7 Å². The van der Waals surface area contributed by atoms with Gasteiger partial charge in [-0.05, 0) is 25.1 Å². The van der Waals surface area contributed by atoms with Crippen LogP contribution in [0.3, 0.4) is 0 Å². The summed E-state index contributed by atoms with van der Waals surface area (Å²) in [7, 11) is -7.11. The summed E-state index contributed by atoms with van der Waals surface area (Å²) in [5.41, 5.74) is 2.25. The van der Waals surface area contributed by atoms with Gasteiger partial charge >= 0.3 is 0 Å². The SMILES string of the molecule is Cc1nc(-c2ccccc2)sc1CNc1ccc(S(C)(=O)=O)cc1S(C)(=O)=O. The summed E-state index contributed by atoms with van der Waals surface area (Å²) in [5.74, 6) is 0. The first-order chi connectivity index (χ1) is 13.1. The van der Waals surface area contributed by atoms with Crippen molar-refractivity contribution in [2.45, 2.75) is 23.3 Å². The van der Waals surface area contributed by atoms with Crippen LogP contribution >= 0.6 is 11.3 Å². The first-order valence-corrected chi connectivity index (χ1v) is 13.0. The van der Waals surface area contributed by atoms with E-state index in [0.29, 0.717) is 12.2 Å². The van der Waals surface area contributed by atoms with E-state index in [4.69, 9.17) is 0 Å². The number of hydrogen-bond donors (Lipinski definition) is 1. The Morgan fingerprint density at radius 3 is 2.25 bits per heavy atom. The third-order valence-corrected chi connectivity index (χ3v) is 7.59. The topological polar surface area (TPSA) is 93.2 Å². The van der Waals surface area contributed by atoms with Gasteiger partial charge in [-0.3, -0.25) is 0 Å². The highest BCUT2D eigenvalue weighted by Gasteiger charge is 2.18. The Hall–Kier alpha value is -2.23. The van der Waals surface area contributed by atoms with E-state index in [2.05, 4.69) is 10.3 Å². The van der Waals surface area contributed by atoms with E-state index in [0.717, 1.165) is 33.7 Å². The van der Waals surface area contributed by atoms with Gasteiger partial charge in [0.05, 0.1) is 27.7 Å². The van der Waals surface area contributed by atoms with Crippen LogP contribution < -0.4 is 5.32 Å². The molecule has 0 fully saturated rings. The van der Waals surface area contributed by atoms with Gasteiger partial charge in [0.15, 0.2) is 19.7 Å². The normalized spacial score (nSPS) is 12.1. The largest absolute Gasteiger partial charge is 0.379 e. The van der Waals surface area contributed by atoms with Crippen molar-refractivity contribution in [1.29, 1.82) is 0 Å². The fourth-order valence-electron chi connectivity index (χ4n) is 2.66. The van der Waals surface area contributed by atoms with Gasteiger partial charge in [-0.1, -0.05) is 30.3 Å². The molecule has 28 heavy (non-hydrogen) atoms.